The minimum Gasteiger partial charge on any atom is -0.497 e. The number of carbonyl (C=O) groups excluding carboxylic acids is 3. The molecule has 0 radical (unpaired) electrons. The summed E-state index contributed by atoms with van der Waals surface area (Å²) in [5.74, 6) is 0.693. The Balaban J connectivity index is 1.65. The van der Waals surface area contributed by atoms with Crippen molar-refractivity contribution in [3.8, 4) is 5.75 Å². The number of benzene rings is 2. The molecule has 0 unspecified atom stereocenters. The third kappa shape index (κ3) is 4.39. The van der Waals surface area contributed by atoms with Gasteiger partial charge in [0.15, 0.2) is 0 Å². The lowest BCUT2D eigenvalue weighted by molar-refractivity contribution is -0.145. The monoisotopic (exact) mass is 463 g/mol. The predicted molar refractivity (Wildman–Crippen MR) is 130 cm³/mol. The minimum atomic E-state index is -0.543. The van der Waals surface area contributed by atoms with Gasteiger partial charge in [0.1, 0.15) is 5.75 Å². The smallest absolute Gasteiger partial charge is 0.251 e. The summed E-state index contributed by atoms with van der Waals surface area (Å²) in [7, 11) is 3.23. The molecule has 2 aromatic carbocycles. The molecule has 2 fully saturated rings. The quantitative estimate of drug-likeness (QED) is 0.738. The van der Waals surface area contributed by atoms with Gasteiger partial charge in [-0.2, -0.15) is 0 Å². The maximum atomic E-state index is 14.1. The molecular formula is C27H33N3O4. The first kappa shape index (κ1) is 23.8. The van der Waals surface area contributed by atoms with Crippen LogP contribution >= 0.6 is 0 Å². The highest BCUT2D eigenvalue weighted by atomic mass is 16.5. The van der Waals surface area contributed by atoms with Crippen molar-refractivity contribution in [1.29, 1.82) is 0 Å². The second-order valence-corrected chi connectivity index (χ2v) is 9.20. The van der Waals surface area contributed by atoms with E-state index in [1.54, 1.807) is 32.0 Å². The van der Waals surface area contributed by atoms with Gasteiger partial charge >= 0.3 is 0 Å². The van der Waals surface area contributed by atoms with E-state index in [0.717, 1.165) is 42.6 Å². The van der Waals surface area contributed by atoms with Crippen molar-refractivity contribution in [1.82, 2.24) is 15.1 Å². The van der Waals surface area contributed by atoms with Gasteiger partial charge in [0.25, 0.3) is 5.91 Å². The number of nitrogens with zero attached hydrogens (tertiary/aromatic N) is 2. The summed E-state index contributed by atoms with van der Waals surface area (Å²) in [6, 6.07) is 14.9. The summed E-state index contributed by atoms with van der Waals surface area (Å²) in [4.78, 5) is 42.5. The van der Waals surface area contributed by atoms with Crippen molar-refractivity contribution in [3.63, 3.8) is 0 Å². The van der Waals surface area contributed by atoms with Crippen LogP contribution in [-0.4, -0.2) is 61.3 Å². The van der Waals surface area contributed by atoms with E-state index in [1.165, 1.54) is 0 Å². The fraction of sp³-hybridized carbons (Fsp3) is 0.444. The van der Waals surface area contributed by atoms with Crippen LogP contribution in [-0.2, 0) is 15.0 Å². The number of piperazine rings is 1. The lowest BCUT2D eigenvalue weighted by atomic mass is 9.77. The molecule has 7 nitrogen and oxygen atoms in total. The average Bonchev–Trinajstić information content (AvgIpc) is 3.38. The van der Waals surface area contributed by atoms with E-state index < -0.39 is 5.41 Å². The number of hydrogen-bond acceptors (Lipinski definition) is 4. The van der Waals surface area contributed by atoms with Crippen LogP contribution in [0.2, 0.25) is 0 Å². The van der Waals surface area contributed by atoms with Gasteiger partial charge in [-0.1, -0.05) is 37.1 Å². The molecule has 1 aliphatic heterocycles. The van der Waals surface area contributed by atoms with Gasteiger partial charge in [0.05, 0.1) is 18.6 Å². The predicted octanol–water partition coefficient (Wildman–Crippen LogP) is 3.30. The molecule has 0 spiro atoms. The highest BCUT2D eigenvalue weighted by Crippen LogP contribution is 2.44. The summed E-state index contributed by atoms with van der Waals surface area (Å²) in [6.07, 6.45) is 3.68. The summed E-state index contributed by atoms with van der Waals surface area (Å²) in [5.41, 5.74) is 1.89. The average molecular weight is 464 g/mol. The molecule has 180 valence electrons. The topological polar surface area (TPSA) is 79.0 Å². The maximum absolute atomic E-state index is 14.1. The number of ether oxygens (including phenoxy) is 1. The SMILES string of the molecule is CNC(=O)c1cccc([C@H]2CN(C(=O)C3(c4ccc(OC)cc4)CCCC3)CCN2C(C)=O)c1. The van der Waals surface area contributed by atoms with E-state index in [-0.39, 0.29) is 23.8 Å². The molecular weight excluding hydrogens is 430 g/mol. The molecule has 2 aliphatic rings. The molecule has 1 saturated heterocycles. The first-order chi connectivity index (χ1) is 16.4. The van der Waals surface area contributed by atoms with Crippen LogP contribution < -0.4 is 10.1 Å². The van der Waals surface area contributed by atoms with E-state index in [2.05, 4.69) is 5.32 Å². The van der Waals surface area contributed by atoms with Crippen molar-refractivity contribution in [2.45, 2.75) is 44.1 Å². The summed E-state index contributed by atoms with van der Waals surface area (Å²) in [6.45, 7) is 2.94. The van der Waals surface area contributed by atoms with Crippen LogP contribution in [0.1, 0.15) is 60.1 Å². The van der Waals surface area contributed by atoms with Crippen molar-refractivity contribution >= 4 is 17.7 Å². The van der Waals surface area contributed by atoms with Crippen LogP contribution in [0.15, 0.2) is 48.5 Å². The van der Waals surface area contributed by atoms with E-state index >= 15 is 0 Å². The Labute approximate surface area is 201 Å². The van der Waals surface area contributed by atoms with Crippen LogP contribution in [0, 0.1) is 0 Å². The van der Waals surface area contributed by atoms with Gasteiger partial charge in [0, 0.05) is 39.2 Å². The molecule has 1 saturated carbocycles. The maximum Gasteiger partial charge on any atom is 0.251 e. The Bertz CT molecular complexity index is 1060. The molecule has 1 heterocycles. The van der Waals surface area contributed by atoms with E-state index in [1.807, 2.05) is 47.4 Å². The largest absolute Gasteiger partial charge is 0.497 e. The Morgan fingerprint density at radius 2 is 1.74 bits per heavy atom. The van der Waals surface area contributed by atoms with E-state index in [4.69, 9.17) is 4.74 Å². The second kappa shape index (κ2) is 9.87. The molecule has 1 N–H and O–H groups in total. The first-order valence-electron chi connectivity index (χ1n) is 11.9. The fourth-order valence-electron chi connectivity index (χ4n) is 5.48. The van der Waals surface area contributed by atoms with Gasteiger partial charge in [-0.25, -0.2) is 0 Å². The van der Waals surface area contributed by atoms with Crippen molar-refractivity contribution < 1.29 is 19.1 Å². The normalized spacial score (nSPS) is 19.6. The molecule has 2 aromatic rings. The lowest BCUT2D eigenvalue weighted by Gasteiger charge is -2.44. The molecule has 34 heavy (non-hydrogen) atoms. The van der Waals surface area contributed by atoms with Crippen molar-refractivity contribution in [2.24, 2.45) is 0 Å². The molecule has 0 bridgehead atoms. The lowest BCUT2D eigenvalue weighted by Crippen LogP contribution is -2.56. The fourth-order valence-corrected chi connectivity index (χ4v) is 5.48. The van der Waals surface area contributed by atoms with Gasteiger partial charge < -0.3 is 19.9 Å². The van der Waals surface area contributed by atoms with Crippen molar-refractivity contribution in [2.75, 3.05) is 33.8 Å². The van der Waals surface area contributed by atoms with Crippen LogP contribution in [0.25, 0.3) is 0 Å². The van der Waals surface area contributed by atoms with Crippen LogP contribution in [0.3, 0.4) is 0 Å². The molecule has 1 aliphatic carbocycles. The minimum absolute atomic E-state index is 0.0341. The Kier molecular flexibility index (Phi) is 6.91. The zero-order chi connectivity index (χ0) is 24.3. The molecule has 7 heteroatoms. The van der Waals surface area contributed by atoms with Gasteiger partial charge in [0.2, 0.25) is 11.8 Å². The number of rotatable bonds is 5. The first-order valence-corrected chi connectivity index (χ1v) is 11.9. The Hall–Kier alpha value is -3.35. The third-order valence-corrected chi connectivity index (χ3v) is 7.34. The highest BCUT2D eigenvalue weighted by molar-refractivity contribution is 5.94. The zero-order valence-electron chi connectivity index (χ0n) is 20.2. The molecule has 4 rings (SSSR count). The zero-order valence-corrected chi connectivity index (χ0v) is 20.2. The van der Waals surface area contributed by atoms with Crippen LogP contribution in [0.4, 0.5) is 0 Å². The number of hydrogen-bond donors (Lipinski definition) is 1. The number of amides is 3. The Morgan fingerprint density at radius 3 is 2.35 bits per heavy atom. The summed E-state index contributed by atoms with van der Waals surface area (Å²) in [5, 5.41) is 2.65. The van der Waals surface area contributed by atoms with E-state index in [9.17, 15) is 14.4 Å². The summed E-state index contributed by atoms with van der Waals surface area (Å²) < 4.78 is 5.31. The summed E-state index contributed by atoms with van der Waals surface area (Å²) >= 11 is 0. The molecule has 1 atom stereocenters. The number of methoxy groups -OCH3 is 1. The van der Waals surface area contributed by atoms with E-state index in [0.29, 0.717) is 25.2 Å². The number of carbonyl (C=O) groups is 3. The third-order valence-electron chi connectivity index (χ3n) is 7.34. The highest BCUT2D eigenvalue weighted by Gasteiger charge is 2.46. The molecule has 0 aromatic heterocycles. The van der Waals surface area contributed by atoms with Gasteiger partial charge in [-0.15, -0.1) is 0 Å². The van der Waals surface area contributed by atoms with Crippen LogP contribution in [0.5, 0.6) is 5.75 Å². The second-order valence-electron chi connectivity index (χ2n) is 9.20. The van der Waals surface area contributed by atoms with Crippen molar-refractivity contribution in [3.05, 3.63) is 65.2 Å². The molecule has 3 amide bonds. The Morgan fingerprint density at radius 1 is 1.03 bits per heavy atom. The van der Waals surface area contributed by atoms with Gasteiger partial charge in [-0.05, 0) is 48.2 Å². The van der Waals surface area contributed by atoms with Gasteiger partial charge in [-0.3, -0.25) is 14.4 Å². The standard InChI is InChI=1S/C27H33N3O4/c1-19(31)30-16-15-29(18-24(30)20-7-6-8-21(17-20)25(32)28-2)26(33)27(13-4-5-14-27)22-9-11-23(34-3)12-10-22/h6-12,17,24H,4-5,13-16,18H2,1-3H3,(H,28,32)/t24-/m1/s1. The number of nitrogens with one attached hydrogen (secondary N) is 1.